The number of ether oxygens (including phenoxy) is 5. The summed E-state index contributed by atoms with van der Waals surface area (Å²) in [4.78, 5) is 54.4. The standard InChI is InChI=1S/C35H45F3O9/c1-20-12-11-13-21(2)30-23(4)18-22(3)29(40)24(5)27(43-6)19-28(39)46-31(32(41)47-30)26(17-16-20)45-33(42)34(44-7,35(36,37)38)25-14-9-8-10-15-25/h8-10,14-18,20-22,24,26-27,30-31H,11-13,19H2,1-7H3/b17-16+,23-18+/t20-,21+,22-,24-,26-,27-,30+,31-,34+/m1/s1. The Morgan fingerprint density at radius 1 is 0.915 bits per heavy atom. The second-order valence-electron chi connectivity index (χ2n) is 12.5. The largest absolute Gasteiger partial charge is 0.455 e. The van der Waals surface area contributed by atoms with Crippen molar-refractivity contribution in [2.75, 3.05) is 14.2 Å². The summed E-state index contributed by atoms with van der Waals surface area (Å²) in [7, 11) is 2.05. The SMILES string of the molecule is CO[C@@H]1CC(=O)O[C@H]2C(=O)O[C@H](/C(C)=C/[C@@H](C)C(=O)[C@@H]1C)[C@@H](C)CCC[C@@H](C)/C=C/[C@H]2OC(=O)[C@@](OC)(c1ccccc1)C(F)(F)F. The van der Waals surface area contributed by atoms with E-state index < -0.39 is 77.9 Å². The Balaban J connectivity index is 2.20. The first-order valence-corrected chi connectivity index (χ1v) is 15.8. The second-order valence-corrected chi connectivity index (χ2v) is 12.5. The molecule has 0 unspecified atom stereocenters. The molecule has 12 heteroatoms. The summed E-state index contributed by atoms with van der Waals surface area (Å²) in [5.41, 5.74) is -3.55. The lowest BCUT2D eigenvalue weighted by Crippen LogP contribution is -2.54. The quantitative estimate of drug-likeness (QED) is 0.211. The number of hydrogen-bond donors (Lipinski definition) is 0. The van der Waals surface area contributed by atoms with Gasteiger partial charge in [0, 0.05) is 31.6 Å². The minimum Gasteiger partial charge on any atom is -0.455 e. The number of ketones is 1. The van der Waals surface area contributed by atoms with Crippen LogP contribution in [0.4, 0.5) is 13.2 Å². The van der Waals surface area contributed by atoms with Crippen LogP contribution in [0.3, 0.4) is 0 Å². The van der Waals surface area contributed by atoms with Gasteiger partial charge in [0.05, 0.1) is 12.5 Å². The topological polar surface area (TPSA) is 114 Å². The number of benzene rings is 1. The average molecular weight is 667 g/mol. The highest BCUT2D eigenvalue weighted by molar-refractivity contribution is 5.87. The zero-order valence-corrected chi connectivity index (χ0v) is 27.9. The maximum Gasteiger partial charge on any atom is 0.432 e. The minimum absolute atomic E-state index is 0.146. The Morgan fingerprint density at radius 3 is 2.17 bits per heavy atom. The van der Waals surface area contributed by atoms with Crippen LogP contribution in [0, 0.1) is 23.7 Å². The maximum absolute atomic E-state index is 14.8. The van der Waals surface area contributed by atoms with Gasteiger partial charge in [-0.05, 0) is 43.3 Å². The van der Waals surface area contributed by atoms with Crippen molar-refractivity contribution in [3.8, 4) is 0 Å². The maximum atomic E-state index is 14.8. The molecule has 0 aromatic heterocycles. The van der Waals surface area contributed by atoms with Crippen LogP contribution < -0.4 is 0 Å². The molecule has 1 aromatic carbocycles. The molecule has 47 heavy (non-hydrogen) atoms. The number of alkyl halides is 3. The molecule has 2 aliphatic heterocycles. The molecule has 1 aromatic rings. The van der Waals surface area contributed by atoms with E-state index in [0.717, 1.165) is 19.2 Å². The normalized spacial score (nSPS) is 33.1. The molecule has 0 radical (unpaired) electrons. The smallest absolute Gasteiger partial charge is 0.432 e. The Labute approximate surface area is 273 Å². The van der Waals surface area contributed by atoms with E-state index in [1.807, 2.05) is 13.8 Å². The van der Waals surface area contributed by atoms with Crippen LogP contribution in [0.5, 0.6) is 0 Å². The molecule has 0 aliphatic carbocycles. The molecule has 0 saturated heterocycles. The third-order valence-corrected chi connectivity index (χ3v) is 9.00. The summed E-state index contributed by atoms with van der Waals surface area (Å²) >= 11 is 0. The highest BCUT2D eigenvalue weighted by Gasteiger charge is 2.64. The van der Waals surface area contributed by atoms with E-state index in [1.165, 1.54) is 31.4 Å². The lowest BCUT2D eigenvalue weighted by atomic mass is 9.86. The Bertz CT molecular complexity index is 1330. The molecule has 260 valence electrons. The summed E-state index contributed by atoms with van der Waals surface area (Å²) in [6.07, 6.45) is -4.86. The number of hydrogen-bond acceptors (Lipinski definition) is 9. The van der Waals surface area contributed by atoms with Crippen molar-refractivity contribution >= 4 is 23.7 Å². The van der Waals surface area contributed by atoms with Gasteiger partial charge in [-0.1, -0.05) is 76.6 Å². The third-order valence-electron chi connectivity index (χ3n) is 9.00. The van der Waals surface area contributed by atoms with E-state index in [4.69, 9.17) is 23.7 Å². The number of allylic oxidation sites excluding steroid dienone is 2. The first-order chi connectivity index (χ1) is 22.1. The van der Waals surface area contributed by atoms with Crippen molar-refractivity contribution in [3.05, 3.63) is 59.7 Å². The number of Topliss-reactive ketones (excluding diaryl/α,β-unsaturated/α-hetero) is 1. The summed E-state index contributed by atoms with van der Waals surface area (Å²) in [5.74, 6) is -5.97. The number of fused-ring (bicyclic) bond motifs is 3. The second kappa shape index (κ2) is 16.1. The van der Waals surface area contributed by atoms with Crippen LogP contribution in [-0.2, 0) is 48.5 Å². The summed E-state index contributed by atoms with van der Waals surface area (Å²) in [6.45, 7) is 8.79. The predicted molar refractivity (Wildman–Crippen MR) is 165 cm³/mol. The molecule has 0 saturated carbocycles. The molecule has 2 aliphatic rings. The van der Waals surface area contributed by atoms with Crippen molar-refractivity contribution in [3.63, 3.8) is 0 Å². The highest BCUT2D eigenvalue weighted by atomic mass is 19.4. The molecule has 9 atom stereocenters. The Hall–Kier alpha value is -3.51. The summed E-state index contributed by atoms with van der Waals surface area (Å²) in [6, 6.07) is 6.23. The number of esters is 3. The molecular formula is C35H45F3O9. The van der Waals surface area contributed by atoms with Crippen LogP contribution in [0.25, 0.3) is 0 Å². The molecule has 2 bridgehead atoms. The fraction of sp³-hybridized carbons (Fsp3) is 0.600. The van der Waals surface area contributed by atoms with E-state index in [9.17, 15) is 32.3 Å². The number of carbonyl (C=O) groups excluding carboxylic acids is 4. The van der Waals surface area contributed by atoms with Gasteiger partial charge in [-0.3, -0.25) is 9.59 Å². The molecule has 9 nitrogen and oxygen atoms in total. The van der Waals surface area contributed by atoms with Crippen LogP contribution in [0.2, 0.25) is 0 Å². The van der Waals surface area contributed by atoms with Crippen LogP contribution in [0.15, 0.2) is 54.1 Å². The van der Waals surface area contributed by atoms with Crippen LogP contribution in [0.1, 0.15) is 65.9 Å². The van der Waals surface area contributed by atoms with E-state index in [-0.39, 0.29) is 17.6 Å². The van der Waals surface area contributed by atoms with Gasteiger partial charge in [-0.2, -0.15) is 13.2 Å². The molecule has 3 rings (SSSR count). The first-order valence-electron chi connectivity index (χ1n) is 15.8. The van der Waals surface area contributed by atoms with Crippen molar-refractivity contribution in [2.45, 2.75) is 96.5 Å². The molecule has 0 spiro atoms. The third kappa shape index (κ3) is 8.70. The van der Waals surface area contributed by atoms with E-state index >= 15 is 0 Å². The predicted octanol–water partition coefficient (Wildman–Crippen LogP) is 6.04. The fourth-order valence-corrected chi connectivity index (χ4v) is 6.19. The van der Waals surface area contributed by atoms with Gasteiger partial charge in [0.2, 0.25) is 6.10 Å². The van der Waals surface area contributed by atoms with Gasteiger partial charge < -0.3 is 23.7 Å². The van der Waals surface area contributed by atoms with Crippen molar-refractivity contribution in [1.29, 1.82) is 0 Å². The van der Waals surface area contributed by atoms with Gasteiger partial charge >= 0.3 is 24.1 Å². The average Bonchev–Trinajstić information content (AvgIpc) is 3.02. The van der Waals surface area contributed by atoms with Gasteiger partial charge in [-0.25, -0.2) is 9.59 Å². The molecule has 0 N–H and O–H groups in total. The summed E-state index contributed by atoms with van der Waals surface area (Å²) in [5, 5.41) is 0. The van der Waals surface area contributed by atoms with E-state index in [1.54, 1.807) is 32.9 Å². The van der Waals surface area contributed by atoms with Crippen LogP contribution >= 0.6 is 0 Å². The zero-order chi connectivity index (χ0) is 35.1. The first kappa shape index (κ1) is 37.9. The van der Waals surface area contributed by atoms with E-state index in [0.29, 0.717) is 24.8 Å². The van der Waals surface area contributed by atoms with Gasteiger partial charge in [0.15, 0.2) is 6.10 Å². The fourth-order valence-electron chi connectivity index (χ4n) is 6.19. The van der Waals surface area contributed by atoms with Crippen LogP contribution in [-0.4, -0.2) is 68.5 Å². The van der Waals surface area contributed by atoms with Gasteiger partial charge in [-0.15, -0.1) is 0 Å². The molecule has 0 amide bonds. The van der Waals surface area contributed by atoms with Crippen molar-refractivity contribution in [1.82, 2.24) is 0 Å². The lowest BCUT2D eigenvalue weighted by Gasteiger charge is -2.35. The Kier molecular flexibility index (Phi) is 13.0. The minimum atomic E-state index is -5.29. The highest BCUT2D eigenvalue weighted by Crippen LogP contribution is 2.43. The van der Waals surface area contributed by atoms with Gasteiger partial charge in [0.25, 0.3) is 5.60 Å². The zero-order valence-electron chi connectivity index (χ0n) is 27.9. The number of rotatable bonds is 5. The summed E-state index contributed by atoms with van der Waals surface area (Å²) < 4.78 is 71.6. The number of carbonyl (C=O) groups is 4. The Morgan fingerprint density at radius 2 is 1.57 bits per heavy atom. The lowest BCUT2D eigenvalue weighted by molar-refractivity contribution is -0.278. The van der Waals surface area contributed by atoms with E-state index in [2.05, 4.69) is 0 Å². The number of methoxy groups -OCH3 is 2. The molecule has 2 heterocycles. The van der Waals surface area contributed by atoms with Crippen molar-refractivity contribution in [2.24, 2.45) is 23.7 Å². The molecule has 0 fully saturated rings. The molecular weight excluding hydrogens is 621 g/mol. The number of halogens is 3. The van der Waals surface area contributed by atoms with Crippen molar-refractivity contribution < 1.29 is 56.0 Å². The monoisotopic (exact) mass is 666 g/mol. The van der Waals surface area contributed by atoms with Gasteiger partial charge in [0.1, 0.15) is 11.9 Å².